The molecule has 8 heteroatoms. The third-order valence-corrected chi connectivity index (χ3v) is 4.41. The predicted octanol–water partition coefficient (Wildman–Crippen LogP) is 4.24. The number of nitriles is 1. The number of nitro groups is 1. The van der Waals surface area contributed by atoms with Gasteiger partial charge in [-0.05, 0) is 6.07 Å². The number of hydrogen-bond acceptors (Lipinski definition) is 6. The van der Waals surface area contributed by atoms with Crippen molar-refractivity contribution in [3.05, 3.63) is 64.0 Å². The lowest BCUT2D eigenvalue weighted by atomic mass is 10.1. The summed E-state index contributed by atoms with van der Waals surface area (Å²) in [6.07, 6.45) is -0.302. The molecule has 0 aliphatic heterocycles. The fourth-order valence-electron chi connectivity index (χ4n) is 2.34. The quantitative estimate of drug-likeness (QED) is 0.538. The molecule has 0 atom stereocenters. The Labute approximate surface area is 152 Å². The van der Waals surface area contributed by atoms with Crippen LogP contribution in [-0.2, 0) is 4.79 Å². The van der Waals surface area contributed by atoms with Gasteiger partial charge in [-0.1, -0.05) is 30.3 Å². The minimum Gasteiger partial charge on any atom is -0.325 e. The Balaban J connectivity index is 2.03. The van der Waals surface area contributed by atoms with Crippen LogP contribution in [0.25, 0.3) is 21.8 Å². The lowest BCUT2D eigenvalue weighted by Gasteiger charge is -2.08. The van der Waals surface area contributed by atoms with Crippen LogP contribution in [0.1, 0.15) is 6.42 Å². The smallest absolute Gasteiger partial charge is 0.270 e. The van der Waals surface area contributed by atoms with E-state index in [1.54, 1.807) is 6.07 Å². The molecule has 0 bridgehead atoms. The normalized spacial score (nSPS) is 10.1. The molecule has 0 unspecified atom stereocenters. The Hall–Kier alpha value is -3.57. The first-order chi connectivity index (χ1) is 12.6. The van der Waals surface area contributed by atoms with E-state index >= 15 is 0 Å². The average molecular weight is 364 g/mol. The molecule has 26 heavy (non-hydrogen) atoms. The van der Waals surface area contributed by atoms with Gasteiger partial charge in [-0.15, -0.1) is 11.3 Å². The molecule has 0 radical (unpaired) electrons. The summed E-state index contributed by atoms with van der Waals surface area (Å²) in [6.45, 7) is 0. The Kier molecular flexibility index (Phi) is 5.01. The third kappa shape index (κ3) is 3.74. The first-order valence-corrected chi connectivity index (χ1v) is 8.43. The van der Waals surface area contributed by atoms with Crippen molar-refractivity contribution in [3.8, 4) is 27.9 Å². The lowest BCUT2D eigenvalue weighted by Crippen LogP contribution is -2.11. The van der Waals surface area contributed by atoms with Crippen LogP contribution < -0.4 is 5.32 Å². The molecular weight excluding hydrogens is 352 g/mol. The van der Waals surface area contributed by atoms with E-state index in [1.807, 2.05) is 35.7 Å². The molecular formula is C18H12N4O3S. The van der Waals surface area contributed by atoms with Gasteiger partial charge in [0.1, 0.15) is 11.4 Å². The number of anilines is 1. The molecule has 2 aromatic carbocycles. The van der Waals surface area contributed by atoms with Crippen molar-refractivity contribution in [1.29, 1.82) is 5.26 Å². The summed E-state index contributed by atoms with van der Waals surface area (Å²) in [5.74, 6) is -0.484. The summed E-state index contributed by atoms with van der Waals surface area (Å²) in [6, 6.07) is 15.4. The highest BCUT2D eigenvalue weighted by Gasteiger charge is 2.17. The summed E-state index contributed by atoms with van der Waals surface area (Å²) in [5, 5.41) is 24.7. The number of benzene rings is 2. The van der Waals surface area contributed by atoms with E-state index < -0.39 is 10.8 Å². The molecule has 1 aromatic heterocycles. The number of non-ortho nitro benzene ring substituents is 1. The fourth-order valence-corrected chi connectivity index (χ4v) is 3.20. The highest BCUT2D eigenvalue weighted by atomic mass is 32.1. The Morgan fingerprint density at radius 3 is 2.73 bits per heavy atom. The van der Waals surface area contributed by atoms with E-state index in [4.69, 9.17) is 5.26 Å². The Morgan fingerprint density at radius 1 is 1.27 bits per heavy atom. The number of hydrogen-bond donors (Lipinski definition) is 1. The number of amides is 1. The van der Waals surface area contributed by atoms with Crippen LogP contribution in [0.3, 0.4) is 0 Å². The minimum atomic E-state index is -0.504. The van der Waals surface area contributed by atoms with E-state index in [1.165, 1.54) is 29.5 Å². The molecule has 0 saturated carbocycles. The molecule has 0 aliphatic rings. The topological polar surface area (TPSA) is 109 Å². The molecule has 0 fully saturated rings. The van der Waals surface area contributed by atoms with E-state index in [0.29, 0.717) is 16.3 Å². The summed E-state index contributed by atoms with van der Waals surface area (Å²) in [4.78, 5) is 26.9. The van der Waals surface area contributed by atoms with Crippen molar-refractivity contribution >= 4 is 28.6 Å². The van der Waals surface area contributed by atoms with Crippen molar-refractivity contribution in [2.24, 2.45) is 0 Å². The molecule has 0 saturated heterocycles. The number of aromatic nitrogens is 1. The number of thiazole rings is 1. The average Bonchev–Trinajstić information content (AvgIpc) is 3.13. The molecule has 7 nitrogen and oxygen atoms in total. The van der Waals surface area contributed by atoms with Crippen LogP contribution >= 0.6 is 11.3 Å². The first kappa shape index (κ1) is 17.3. The van der Waals surface area contributed by atoms with Crippen LogP contribution in [0.4, 0.5) is 11.4 Å². The molecule has 3 rings (SSSR count). The Morgan fingerprint density at radius 2 is 2.04 bits per heavy atom. The number of rotatable bonds is 5. The molecule has 3 aromatic rings. The van der Waals surface area contributed by atoms with Gasteiger partial charge in [0.2, 0.25) is 5.91 Å². The number of nitrogens with zero attached hydrogens (tertiary/aromatic N) is 3. The largest absolute Gasteiger partial charge is 0.325 e. The standard InChI is InChI=1S/C18H12N4O3S/c19-9-8-17(23)20-15-7-6-13(22(24)25)10-14(15)18-21-16(11-26-18)12-4-2-1-3-5-12/h1-7,10-11H,8H2,(H,20,23). The maximum atomic E-state index is 11.8. The predicted molar refractivity (Wildman–Crippen MR) is 98.5 cm³/mol. The monoisotopic (exact) mass is 364 g/mol. The third-order valence-electron chi connectivity index (χ3n) is 3.53. The zero-order chi connectivity index (χ0) is 18.5. The summed E-state index contributed by atoms with van der Waals surface area (Å²) < 4.78 is 0. The summed E-state index contributed by atoms with van der Waals surface area (Å²) in [7, 11) is 0. The van der Waals surface area contributed by atoms with Crippen LogP contribution in [0.5, 0.6) is 0 Å². The van der Waals surface area contributed by atoms with Gasteiger partial charge in [-0.2, -0.15) is 5.26 Å². The maximum Gasteiger partial charge on any atom is 0.270 e. The molecule has 1 heterocycles. The van der Waals surface area contributed by atoms with E-state index in [-0.39, 0.29) is 12.1 Å². The summed E-state index contributed by atoms with van der Waals surface area (Å²) in [5.41, 5.74) is 2.39. The number of nitrogens with one attached hydrogen (secondary N) is 1. The van der Waals surface area contributed by atoms with E-state index in [2.05, 4.69) is 10.3 Å². The second kappa shape index (κ2) is 7.55. The van der Waals surface area contributed by atoms with Gasteiger partial charge in [0.15, 0.2) is 0 Å². The molecule has 1 N–H and O–H groups in total. The SMILES string of the molecule is N#CCC(=O)Nc1ccc([N+](=O)[O-])cc1-c1nc(-c2ccccc2)cs1. The number of carbonyl (C=O) groups excluding carboxylic acids is 1. The van der Waals surface area contributed by atoms with Crippen molar-refractivity contribution in [1.82, 2.24) is 4.98 Å². The van der Waals surface area contributed by atoms with Gasteiger partial charge >= 0.3 is 0 Å². The fraction of sp³-hybridized carbons (Fsp3) is 0.0556. The molecule has 128 valence electrons. The van der Waals surface area contributed by atoms with Crippen LogP contribution in [0, 0.1) is 21.4 Å². The second-order valence-electron chi connectivity index (χ2n) is 5.27. The highest BCUT2D eigenvalue weighted by molar-refractivity contribution is 7.13. The summed E-state index contributed by atoms with van der Waals surface area (Å²) >= 11 is 1.32. The molecule has 0 spiro atoms. The molecule has 1 amide bonds. The minimum absolute atomic E-state index is 0.102. The van der Waals surface area contributed by atoms with Gasteiger partial charge < -0.3 is 5.32 Å². The van der Waals surface area contributed by atoms with Crippen LogP contribution in [0.15, 0.2) is 53.9 Å². The van der Waals surface area contributed by atoms with Gasteiger partial charge in [0.25, 0.3) is 5.69 Å². The highest BCUT2D eigenvalue weighted by Crippen LogP contribution is 2.35. The lowest BCUT2D eigenvalue weighted by molar-refractivity contribution is -0.384. The van der Waals surface area contributed by atoms with Crippen molar-refractivity contribution in [2.75, 3.05) is 5.32 Å². The van der Waals surface area contributed by atoms with Gasteiger partial charge in [0.05, 0.1) is 22.4 Å². The van der Waals surface area contributed by atoms with Gasteiger partial charge in [-0.3, -0.25) is 14.9 Å². The number of carbonyl (C=O) groups is 1. The van der Waals surface area contributed by atoms with Crippen molar-refractivity contribution < 1.29 is 9.72 Å². The maximum absolute atomic E-state index is 11.8. The van der Waals surface area contributed by atoms with E-state index in [0.717, 1.165) is 11.3 Å². The van der Waals surface area contributed by atoms with Crippen LogP contribution in [0.2, 0.25) is 0 Å². The van der Waals surface area contributed by atoms with Crippen molar-refractivity contribution in [2.45, 2.75) is 6.42 Å². The Bertz CT molecular complexity index is 1010. The second-order valence-corrected chi connectivity index (χ2v) is 6.13. The van der Waals surface area contributed by atoms with Crippen molar-refractivity contribution in [3.63, 3.8) is 0 Å². The van der Waals surface area contributed by atoms with Gasteiger partial charge in [-0.25, -0.2) is 4.98 Å². The van der Waals surface area contributed by atoms with E-state index in [9.17, 15) is 14.9 Å². The van der Waals surface area contributed by atoms with Crippen LogP contribution in [-0.4, -0.2) is 15.8 Å². The number of nitro benzene ring substituents is 1. The zero-order valence-corrected chi connectivity index (χ0v) is 14.2. The van der Waals surface area contributed by atoms with Gasteiger partial charge in [0, 0.05) is 28.6 Å². The zero-order valence-electron chi connectivity index (χ0n) is 13.4. The molecule has 0 aliphatic carbocycles. The first-order valence-electron chi connectivity index (χ1n) is 7.55.